The van der Waals surface area contributed by atoms with E-state index in [1.54, 1.807) is 35.2 Å². The van der Waals surface area contributed by atoms with Crippen molar-refractivity contribution < 1.29 is 9.59 Å². The van der Waals surface area contributed by atoms with Crippen LogP contribution < -0.4 is 10.2 Å². The molecule has 1 aliphatic rings. The molecular formula is C20H18ClN5O2. The van der Waals surface area contributed by atoms with Gasteiger partial charge in [0.15, 0.2) is 5.82 Å². The highest BCUT2D eigenvalue weighted by Gasteiger charge is 2.26. The summed E-state index contributed by atoms with van der Waals surface area (Å²) in [6.45, 7) is 2.41. The number of nitrogens with zero attached hydrogens (tertiary/aromatic N) is 3. The number of carbonyl (C=O) groups excluding carboxylic acids is 2. The van der Waals surface area contributed by atoms with Crippen molar-refractivity contribution in [3.8, 4) is 11.4 Å². The summed E-state index contributed by atoms with van der Waals surface area (Å²) in [5, 5.41) is 10.3. The Balaban J connectivity index is 1.62. The number of nitrogens with one attached hydrogen (secondary N) is 2. The average molecular weight is 396 g/mol. The molecule has 142 valence electrons. The molecule has 0 aliphatic carbocycles. The van der Waals surface area contributed by atoms with E-state index in [-0.39, 0.29) is 11.8 Å². The third-order valence-electron chi connectivity index (χ3n) is 4.54. The zero-order valence-corrected chi connectivity index (χ0v) is 16.0. The normalized spacial score (nSPS) is 13.8. The molecule has 3 aromatic rings. The van der Waals surface area contributed by atoms with Crippen LogP contribution in [0.3, 0.4) is 0 Å². The molecular weight excluding hydrogens is 378 g/mol. The Morgan fingerprint density at radius 3 is 2.82 bits per heavy atom. The zero-order chi connectivity index (χ0) is 19.7. The molecule has 8 heteroatoms. The second-order valence-electron chi connectivity index (χ2n) is 6.59. The number of halogens is 1. The third kappa shape index (κ3) is 3.61. The van der Waals surface area contributed by atoms with Crippen LogP contribution in [0.2, 0.25) is 5.02 Å². The van der Waals surface area contributed by atoms with Gasteiger partial charge in [0.25, 0.3) is 5.91 Å². The molecule has 2 amide bonds. The molecule has 7 nitrogen and oxygen atoms in total. The summed E-state index contributed by atoms with van der Waals surface area (Å²) in [4.78, 5) is 31.0. The van der Waals surface area contributed by atoms with Crippen LogP contribution in [0.1, 0.15) is 29.0 Å². The van der Waals surface area contributed by atoms with Gasteiger partial charge in [-0.15, -0.1) is 0 Å². The van der Waals surface area contributed by atoms with E-state index in [9.17, 15) is 9.59 Å². The monoisotopic (exact) mass is 395 g/mol. The number of H-pyrrole nitrogens is 1. The number of anilines is 2. The van der Waals surface area contributed by atoms with E-state index in [0.29, 0.717) is 46.6 Å². The highest BCUT2D eigenvalue weighted by Crippen LogP contribution is 2.29. The van der Waals surface area contributed by atoms with E-state index in [0.717, 1.165) is 12.0 Å². The average Bonchev–Trinajstić information content (AvgIpc) is 3.30. The summed E-state index contributed by atoms with van der Waals surface area (Å²) in [5.41, 5.74) is 2.33. The van der Waals surface area contributed by atoms with Crippen LogP contribution in [0, 0.1) is 6.92 Å². The minimum Gasteiger partial charge on any atom is -0.322 e. The number of hydrogen-bond acceptors (Lipinski definition) is 4. The van der Waals surface area contributed by atoms with Gasteiger partial charge in [0.1, 0.15) is 5.82 Å². The Labute approximate surface area is 166 Å². The lowest BCUT2D eigenvalue weighted by Crippen LogP contribution is -2.27. The minimum absolute atomic E-state index is 0.00158. The van der Waals surface area contributed by atoms with Gasteiger partial charge in [0, 0.05) is 29.2 Å². The van der Waals surface area contributed by atoms with Crippen LogP contribution in [0.25, 0.3) is 11.4 Å². The van der Waals surface area contributed by atoms with Crippen LogP contribution >= 0.6 is 11.6 Å². The maximum Gasteiger partial charge on any atom is 0.257 e. The first-order valence-electron chi connectivity index (χ1n) is 8.92. The van der Waals surface area contributed by atoms with Crippen molar-refractivity contribution >= 4 is 34.8 Å². The van der Waals surface area contributed by atoms with Gasteiger partial charge in [-0.2, -0.15) is 5.10 Å². The number of amides is 2. The van der Waals surface area contributed by atoms with Gasteiger partial charge < -0.3 is 10.2 Å². The predicted molar refractivity (Wildman–Crippen MR) is 108 cm³/mol. The molecule has 1 aliphatic heterocycles. The molecule has 0 atom stereocenters. The van der Waals surface area contributed by atoms with Crippen LogP contribution in [0.5, 0.6) is 0 Å². The lowest BCUT2D eigenvalue weighted by molar-refractivity contribution is -0.117. The Kier molecular flexibility index (Phi) is 4.83. The second kappa shape index (κ2) is 7.44. The molecule has 1 aromatic heterocycles. The Hall–Kier alpha value is -3.19. The van der Waals surface area contributed by atoms with Crippen molar-refractivity contribution in [1.29, 1.82) is 0 Å². The molecule has 28 heavy (non-hydrogen) atoms. The van der Waals surface area contributed by atoms with E-state index in [4.69, 9.17) is 11.6 Å². The Morgan fingerprint density at radius 2 is 2.11 bits per heavy atom. The number of carbonyl (C=O) groups is 2. The van der Waals surface area contributed by atoms with E-state index >= 15 is 0 Å². The van der Waals surface area contributed by atoms with Crippen LogP contribution in [0.15, 0.2) is 42.5 Å². The first-order chi connectivity index (χ1) is 13.5. The lowest BCUT2D eigenvalue weighted by atomic mass is 10.1. The van der Waals surface area contributed by atoms with E-state index in [1.165, 1.54) is 0 Å². The number of aromatic nitrogens is 3. The maximum atomic E-state index is 12.9. The van der Waals surface area contributed by atoms with E-state index in [1.807, 2.05) is 19.1 Å². The van der Waals surface area contributed by atoms with Crippen LogP contribution in [-0.2, 0) is 4.79 Å². The molecule has 2 aromatic carbocycles. The minimum atomic E-state index is -0.310. The van der Waals surface area contributed by atoms with Gasteiger partial charge >= 0.3 is 0 Å². The van der Waals surface area contributed by atoms with Gasteiger partial charge in [-0.1, -0.05) is 23.7 Å². The fourth-order valence-electron chi connectivity index (χ4n) is 3.23. The summed E-state index contributed by atoms with van der Waals surface area (Å²) >= 11 is 6.11. The molecule has 2 N–H and O–H groups in total. The molecule has 1 fully saturated rings. The van der Waals surface area contributed by atoms with Crippen molar-refractivity contribution in [2.45, 2.75) is 19.8 Å². The van der Waals surface area contributed by atoms with Crippen molar-refractivity contribution in [3.05, 3.63) is 58.9 Å². The predicted octanol–water partition coefficient (Wildman–Crippen LogP) is 3.81. The standard InChI is InChI=1S/C20H18ClN5O2/c1-12-22-19(25-24-12)13-4-2-5-15(10-13)23-20(28)16-8-7-14(21)11-17(16)26-9-3-6-18(26)27/h2,4-5,7-8,10-11H,3,6,9H2,1H3,(H,23,28)(H,22,24,25). The molecule has 2 heterocycles. The SMILES string of the molecule is Cc1nc(-c2cccc(NC(=O)c3ccc(Cl)cc3N3CCCC3=O)c2)n[nH]1. The maximum absolute atomic E-state index is 12.9. The summed E-state index contributed by atoms with van der Waals surface area (Å²) in [6, 6.07) is 12.2. The third-order valence-corrected chi connectivity index (χ3v) is 4.78. The first-order valence-corrected chi connectivity index (χ1v) is 9.30. The highest BCUT2D eigenvalue weighted by atomic mass is 35.5. The summed E-state index contributed by atoms with van der Waals surface area (Å²) < 4.78 is 0. The molecule has 0 radical (unpaired) electrons. The van der Waals surface area contributed by atoms with Gasteiger partial charge in [-0.25, -0.2) is 4.98 Å². The van der Waals surface area contributed by atoms with Crippen molar-refractivity contribution in [1.82, 2.24) is 15.2 Å². The van der Waals surface area contributed by atoms with Gasteiger partial charge in [-0.05, 0) is 43.7 Å². The van der Waals surface area contributed by atoms with Gasteiger partial charge in [-0.3, -0.25) is 14.7 Å². The second-order valence-corrected chi connectivity index (χ2v) is 7.03. The fraction of sp³-hybridized carbons (Fsp3) is 0.200. The van der Waals surface area contributed by atoms with Crippen molar-refractivity contribution in [3.63, 3.8) is 0 Å². The molecule has 0 unspecified atom stereocenters. The topological polar surface area (TPSA) is 91.0 Å². The summed E-state index contributed by atoms with van der Waals surface area (Å²) in [6.07, 6.45) is 1.25. The smallest absolute Gasteiger partial charge is 0.257 e. The largest absolute Gasteiger partial charge is 0.322 e. The molecule has 1 saturated heterocycles. The molecule has 0 bridgehead atoms. The van der Waals surface area contributed by atoms with E-state index < -0.39 is 0 Å². The molecule has 4 rings (SSSR count). The lowest BCUT2D eigenvalue weighted by Gasteiger charge is -2.20. The molecule has 0 saturated carbocycles. The fourth-order valence-corrected chi connectivity index (χ4v) is 3.40. The number of rotatable bonds is 4. The van der Waals surface area contributed by atoms with Gasteiger partial charge in [0.2, 0.25) is 5.91 Å². The van der Waals surface area contributed by atoms with Gasteiger partial charge in [0.05, 0.1) is 11.3 Å². The Morgan fingerprint density at radius 1 is 1.25 bits per heavy atom. The summed E-state index contributed by atoms with van der Waals surface area (Å²) in [7, 11) is 0. The molecule has 0 spiro atoms. The number of benzene rings is 2. The van der Waals surface area contributed by atoms with Crippen LogP contribution in [-0.4, -0.2) is 33.5 Å². The number of hydrogen-bond donors (Lipinski definition) is 2. The highest BCUT2D eigenvalue weighted by molar-refractivity contribution is 6.31. The Bertz CT molecular complexity index is 1060. The number of aryl methyl sites for hydroxylation is 1. The zero-order valence-electron chi connectivity index (χ0n) is 15.2. The van der Waals surface area contributed by atoms with Crippen molar-refractivity contribution in [2.75, 3.05) is 16.8 Å². The van der Waals surface area contributed by atoms with Crippen LogP contribution in [0.4, 0.5) is 11.4 Å². The van der Waals surface area contributed by atoms with E-state index in [2.05, 4.69) is 20.5 Å². The summed E-state index contributed by atoms with van der Waals surface area (Å²) in [5.74, 6) is 0.960. The first kappa shape index (κ1) is 18.2. The number of aromatic amines is 1. The quantitative estimate of drug-likeness (QED) is 0.702. The van der Waals surface area contributed by atoms with Crippen molar-refractivity contribution in [2.24, 2.45) is 0 Å².